The SMILES string of the molecule is O=C1COCC12CC1C=CC2C1. The van der Waals surface area contributed by atoms with E-state index in [1.807, 2.05) is 0 Å². The summed E-state index contributed by atoms with van der Waals surface area (Å²) < 4.78 is 5.26. The minimum atomic E-state index is -0.0839. The number of fused-ring (bicyclic) bond motifs is 3. The minimum absolute atomic E-state index is 0.0839. The highest BCUT2D eigenvalue weighted by atomic mass is 16.5. The number of carbonyl (C=O) groups is 1. The molecule has 1 heterocycles. The first-order chi connectivity index (χ1) is 5.81. The van der Waals surface area contributed by atoms with E-state index in [2.05, 4.69) is 12.2 Å². The molecule has 0 aromatic carbocycles. The van der Waals surface area contributed by atoms with Crippen LogP contribution >= 0.6 is 0 Å². The van der Waals surface area contributed by atoms with Crippen molar-refractivity contribution in [3.8, 4) is 0 Å². The van der Waals surface area contributed by atoms with Crippen molar-refractivity contribution in [1.29, 1.82) is 0 Å². The standard InChI is InChI=1S/C10H12O2/c11-9-5-12-6-10(9)4-7-1-2-8(10)3-7/h1-2,7-8H,3-6H2. The van der Waals surface area contributed by atoms with Crippen molar-refractivity contribution in [2.24, 2.45) is 17.3 Å². The van der Waals surface area contributed by atoms with Gasteiger partial charge in [-0.2, -0.15) is 0 Å². The summed E-state index contributed by atoms with van der Waals surface area (Å²) in [6.07, 6.45) is 6.73. The third-order valence-electron chi connectivity index (χ3n) is 3.66. The van der Waals surface area contributed by atoms with E-state index in [0.29, 0.717) is 30.8 Å². The summed E-state index contributed by atoms with van der Waals surface area (Å²) >= 11 is 0. The van der Waals surface area contributed by atoms with E-state index in [1.54, 1.807) is 0 Å². The number of carbonyl (C=O) groups excluding carboxylic acids is 1. The predicted molar refractivity (Wildman–Crippen MR) is 43.6 cm³/mol. The van der Waals surface area contributed by atoms with Crippen molar-refractivity contribution >= 4 is 5.78 Å². The lowest BCUT2D eigenvalue weighted by Crippen LogP contribution is -2.33. The van der Waals surface area contributed by atoms with E-state index in [1.165, 1.54) is 6.42 Å². The molecule has 0 aromatic heterocycles. The normalized spacial score (nSPS) is 49.8. The highest BCUT2D eigenvalue weighted by Crippen LogP contribution is 2.54. The monoisotopic (exact) mass is 164 g/mol. The van der Waals surface area contributed by atoms with Crippen LogP contribution in [-0.4, -0.2) is 19.0 Å². The van der Waals surface area contributed by atoms with E-state index in [4.69, 9.17) is 4.74 Å². The third kappa shape index (κ3) is 0.626. The van der Waals surface area contributed by atoms with E-state index >= 15 is 0 Å². The first-order valence-electron chi connectivity index (χ1n) is 4.61. The molecular weight excluding hydrogens is 152 g/mol. The number of hydrogen-bond donors (Lipinski definition) is 0. The van der Waals surface area contributed by atoms with Gasteiger partial charge in [0.15, 0.2) is 5.78 Å². The number of rotatable bonds is 0. The molecule has 64 valence electrons. The molecule has 0 N–H and O–H groups in total. The van der Waals surface area contributed by atoms with Gasteiger partial charge in [0, 0.05) is 0 Å². The van der Waals surface area contributed by atoms with Crippen LogP contribution in [0.1, 0.15) is 12.8 Å². The topological polar surface area (TPSA) is 26.3 Å². The number of hydrogen-bond acceptors (Lipinski definition) is 2. The van der Waals surface area contributed by atoms with Gasteiger partial charge in [-0.25, -0.2) is 0 Å². The maximum absolute atomic E-state index is 11.6. The Morgan fingerprint density at radius 3 is 2.92 bits per heavy atom. The summed E-state index contributed by atoms with van der Waals surface area (Å²) in [4.78, 5) is 11.6. The maximum Gasteiger partial charge on any atom is 0.167 e. The van der Waals surface area contributed by atoms with Crippen LogP contribution in [0.15, 0.2) is 12.2 Å². The lowest BCUT2D eigenvalue weighted by Gasteiger charge is -2.26. The van der Waals surface area contributed by atoms with Gasteiger partial charge < -0.3 is 4.74 Å². The largest absolute Gasteiger partial charge is 0.373 e. The first kappa shape index (κ1) is 6.84. The second-order valence-electron chi connectivity index (χ2n) is 4.26. The Balaban J connectivity index is 2.02. The number of allylic oxidation sites excluding steroid dienone is 2. The molecule has 3 rings (SSSR count). The molecule has 1 saturated heterocycles. The van der Waals surface area contributed by atoms with Crippen LogP contribution in [0.5, 0.6) is 0 Å². The average molecular weight is 164 g/mol. The molecule has 2 heteroatoms. The van der Waals surface area contributed by atoms with Gasteiger partial charge in [-0.05, 0) is 24.7 Å². The Morgan fingerprint density at radius 1 is 1.50 bits per heavy atom. The molecule has 1 saturated carbocycles. The predicted octanol–water partition coefficient (Wildman–Crippen LogP) is 1.17. The quantitative estimate of drug-likeness (QED) is 0.502. The number of Topliss-reactive ketones (excluding diaryl/α,β-unsaturated/α-hetero) is 1. The van der Waals surface area contributed by atoms with Crippen LogP contribution in [0.3, 0.4) is 0 Å². The van der Waals surface area contributed by atoms with Gasteiger partial charge in [0.1, 0.15) is 6.61 Å². The maximum atomic E-state index is 11.6. The molecule has 0 aromatic rings. The van der Waals surface area contributed by atoms with E-state index in [0.717, 1.165) is 6.42 Å². The van der Waals surface area contributed by atoms with E-state index in [9.17, 15) is 4.79 Å². The molecule has 2 fully saturated rings. The fourth-order valence-electron chi connectivity index (χ4n) is 2.99. The molecule has 2 nitrogen and oxygen atoms in total. The molecule has 2 aliphatic carbocycles. The molecule has 1 aliphatic heterocycles. The molecule has 3 unspecified atom stereocenters. The Labute approximate surface area is 71.6 Å². The second kappa shape index (κ2) is 1.99. The van der Waals surface area contributed by atoms with Gasteiger partial charge in [0.25, 0.3) is 0 Å². The highest BCUT2D eigenvalue weighted by Gasteiger charge is 2.55. The van der Waals surface area contributed by atoms with Crippen LogP contribution in [0.4, 0.5) is 0 Å². The summed E-state index contributed by atoms with van der Waals surface area (Å²) in [6, 6.07) is 0. The molecule has 1 spiro atoms. The highest BCUT2D eigenvalue weighted by molar-refractivity contribution is 5.89. The van der Waals surface area contributed by atoms with Crippen molar-refractivity contribution in [3.05, 3.63) is 12.2 Å². The molecule has 2 bridgehead atoms. The first-order valence-corrected chi connectivity index (χ1v) is 4.61. The van der Waals surface area contributed by atoms with Gasteiger partial charge in [0.2, 0.25) is 0 Å². The van der Waals surface area contributed by atoms with Crippen LogP contribution in [0, 0.1) is 17.3 Å². The lowest BCUT2D eigenvalue weighted by atomic mass is 9.74. The molecular formula is C10H12O2. The van der Waals surface area contributed by atoms with Crippen LogP contribution in [-0.2, 0) is 9.53 Å². The second-order valence-corrected chi connectivity index (χ2v) is 4.26. The molecule has 12 heavy (non-hydrogen) atoms. The van der Waals surface area contributed by atoms with Crippen molar-refractivity contribution in [2.45, 2.75) is 12.8 Å². The molecule has 0 radical (unpaired) electrons. The minimum Gasteiger partial charge on any atom is -0.373 e. The van der Waals surface area contributed by atoms with Crippen molar-refractivity contribution in [1.82, 2.24) is 0 Å². The van der Waals surface area contributed by atoms with Crippen LogP contribution in [0.2, 0.25) is 0 Å². The summed E-state index contributed by atoms with van der Waals surface area (Å²) in [5.74, 6) is 1.51. The van der Waals surface area contributed by atoms with Crippen molar-refractivity contribution < 1.29 is 9.53 Å². The summed E-state index contributed by atoms with van der Waals surface area (Å²) in [6.45, 7) is 1.04. The zero-order chi connectivity index (χ0) is 8.18. The van der Waals surface area contributed by atoms with Gasteiger partial charge >= 0.3 is 0 Å². The number of ketones is 1. The Hall–Kier alpha value is -0.630. The number of ether oxygens (including phenoxy) is 1. The third-order valence-corrected chi connectivity index (χ3v) is 3.66. The Bertz CT molecular complexity index is 269. The summed E-state index contributed by atoms with van der Waals surface area (Å²) in [5.41, 5.74) is -0.0839. The Kier molecular flexibility index (Phi) is 1.14. The van der Waals surface area contributed by atoms with Gasteiger partial charge in [0.05, 0.1) is 12.0 Å². The van der Waals surface area contributed by atoms with Crippen LogP contribution < -0.4 is 0 Å². The van der Waals surface area contributed by atoms with Gasteiger partial charge in [-0.1, -0.05) is 12.2 Å². The Morgan fingerprint density at radius 2 is 2.42 bits per heavy atom. The zero-order valence-corrected chi connectivity index (χ0v) is 6.95. The van der Waals surface area contributed by atoms with E-state index < -0.39 is 0 Å². The van der Waals surface area contributed by atoms with Crippen molar-refractivity contribution in [2.75, 3.05) is 13.2 Å². The summed E-state index contributed by atoms with van der Waals surface area (Å²) in [5, 5.41) is 0. The van der Waals surface area contributed by atoms with E-state index in [-0.39, 0.29) is 5.41 Å². The van der Waals surface area contributed by atoms with Crippen molar-refractivity contribution in [3.63, 3.8) is 0 Å². The molecule has 3 aliphatic rings. The molecule has 0 amide bonds. The average Bonchev–Trinajstić information content (AvgIpc) is 2.69. The smallest absolute Gasteiger partial charge is 0.167 e. The van der Waals surface area contributed by atoms with Gasteiger partial charge in [-0.15, -0.1) is 0 Å². The van der Waals surface area contributed by atoms with Crippen LogP contribution in [0.25, 0.3) is 0 Å². The fraction of sp³-hybridized carbons (Fsp3) is 0.700. The zero-order valence-electron chi connectivity index (χ0n) is 6.95. The summed E-state index contributed by atoms with van der Waals surface area (Å²) in [7, 11) is 0. The van der Waals surface area contributed by atoms with Gasteiger partial charge in [-0.3, -0.25) is 4.79 Å². The fourth-order valence-corrected chi connectivity index (χ4v) is 2.99. The molecule has 3 atom stereocenters. The lowest BCUT2D eigenvalue weighted by molar-refractivity contribution is -0.125.